The minimum Gasteiger partial charge on any atom is -0.320 e. The van der Waals surface area contributed by atoms with Crippen LogP contribution >= 0.6 is 27.3 Å². The Hall–Kier alpha value is -0.710. The van der Waals surface area contributed by atoms with E-state index in [1.54, 1.807) is 23.7 Å². The number of nitrogens with zero attached hydrogens (tertiary/aromatic N) is 1. The van der Waals surface area contributed by atoms with Crippen LogP contribution in [0.5, 0.6) is 0 Å². The van der Waals surface area contributed by atoms with Gasteiger partial charge in [0.05, 0.1) is 6.04 Å². The molecule has 0 aliphatic carbocycles. The van der Waals surface area contributed by atoms with E-state index in [1.165, 1.54) is 0 Å². The molecule has 0 saturated carbocycles. The second-order valence-electron chi connectivity index (χ2n) is 2.93. The van der Waals surface area contributed by atoms with Gasteiger partial charge in [-0.05, 0) is 33.6 Å². The van der Waals surface area contributed by atoms with Crippen LogP contribution in [-0.2, 0) is 0 Å². The van der Waals surface area contributed by atoms with Crippen LogP contribution in [0.25, 0.3) is 0 Å². The highest BCUT2D eigenvalue weighted by Crippen LogP contribution is 2.27. The summed E-state index contributed by atoms with van der Waals surface area (Å²) in [5.41, 5.74) is 7.12. The maximum Gasteiger partial charge on any atom is 0.0661 e. The predicted molar refractivity (Wildman–Crippen MR) is 62.3 cm³/mol. The van der Waals surface area contributed by atoms with E-state index in [9.17, 15) is 0 Å². The van der Waals surface area contributed by atoms with Crippen molar-refractivity contribution in [3.63, 3.8) is 0 Å². The van der Waals surface area contributed by atoms with E-state index < -0.39 is 0 Å². The van der Waals surface area contributed by atoms with E-state index >= 15 is 0 Å². The Morgan fingerprint density at radius 3 is 2.93 bits per heavy atom. The lowest BCUT2D eigenvalue weighted by Gasteiger charge is -2.08. The Morgan fingerprint density at radius 2 is 2.36 bits per heavy atom. The van der Waals surface area contributed by atoms with Crippen LogP contribution in [0.2, 0.25) is 0 Å². The summed E-state index contributed by atoms with van der Waals surface area (Å²) >= 11 is 5.07. The third kappa shape index (κ3) is 2.03. The topological polar surface area (TPSA) is 38.9 Å². The largest absolute Gasteiger partial charge is 0.320 e. The fourth-order valence-corrected chi connectivity index (χ4v) is 2.69. The van der Waals surface area contributed by atoms with Crippen LogP contribution in [0.15, 0.2) is 40.4 Å². The smallest absolute Gasteiger partial charge is 0.0661 e. The van der Waals surface area contributed by atoms with E-state index in [2.05, 4.69) is 20.9 Å². The Labute approximate surface area is 94.9 Å². The van der Waals surface area contributed by atoms with Crippen molar-refractivity contribution < 1.29 is 0 Å². The van der Waals surface area contributed by atoms with Crippen molar-refractivity contribution in [1.29, 1.82) is 0 Å². The molecule has 0 radical (unpaired) electrons. The van der Waals surface area contributed by atoms with E-state index in [1.807, 2.05) is 23.6 Å². The van der Waals surface area contributed by atoms with Crippen molar-refractivity contribution in [1.82, 2.24) is 4.98 Å². The van der Waals surface area contributed by atoms with Gasteiger partial charge in [0.1, 0.15) is 0 Å². The summed E-state index contributed by atoms with van der Waals surface area (Å²) in [6.07, 6.45) is 3.55. The second kappa shape index (κ2) is 4.21. The maximum absolute atomic E-state index is 6.08. The fourth-order valence-electron chi connectivity index (χ4n) is 1.22. The molecule has 14 heavy (non-hydrogen) atoms. The summed E-state index contributed by atoms with van der Waals surface area (Å²) in [5.74, 6) is 0. The quantitative estimate of drug-likeness (QED) is 0.910. The molecule has 72 valence electrons. The van der Waals surface area contributed by atoms with Gasteiger partial charge in [0.2, 0.25) is 0 Å². The summed E-state index contributed by atoms with van der Waals surface area (Å²) in [6, 6.07) is 5.87. The number of hydrogen-bond acceptors (Lipinski definition) is 3. The zero-order chi connectivity index (χ0) is 9.97. The van der Waals surface area contributed by atoms with Crippen LogP contribution in [0, 0.1) is 0 Å². The molecular weight excluding hydrogens is 260 g/mol. The monoisotopic (exact) mass is 268 g/mol. The lowest BCUT2D eigenvalue weighted by molar-refractivity contribution is 0.883. The molecule has 0 spiro atoms. The van der Waals surface area contributed by atoms with Crippen LogP contribution in [0.4, 0.5) is 0 Å². The van der Waals surface area contributed by atoms with Gasteiger partial charge in [-0.15, -0.1) is 11.3 Å². The van der Waals surface area contributed by atoms with Crippen molar-refractivity contribution >= 4 is 27.3 Å². The zero-order valence-corrected chi connectivity index (χ0v) is 9.75. The molecule has 0 bridgehead atoms. The highest BCUT2D eigenvalue weighted by molar-refractivity contribution is 9.10. The number of nitrogens with two attached hydrogens (primary N) is 1. The third-order valence-electron chi connectivity index (χ3n) is 1.94. The minimum absolute atomic E-state index is 0.0694. The van der Waals surface area contributed by atoms with Crippen molar-refractivity contribution in [3.8, 4) is 0 Å². The Morgan fingerprint density at radius 1 is 1.50 bits per heavy atom. The maximum atomic E-state index is 6.08. The molecule has 2 N–H and O–H groups in total. The molecule has 0 aliphatic rings. The molecule has 2 heterocycles. The molecular formula is C10H9BrN2S. The number of hydrogen-bond donors (Lipinski definition) is 1. The van der Waals surface area contributed by atoms with E-state index in [-0.39, 0.29) is 6.04 Å². The first-order chi connectivity index (χ1) is 6.77. The Balaban J connectivity index is 2.29. The van der Waals surface area contributed by atoms with Crippen LogP contribution in [0.1, 0.15) is 16.5 Å². The molecule has 2 rings (SSSR count). The Kier molecular flexibility index (Phi) is 2.96. The van der Waals surface area contributed by atoms with Gasteiger partial charge in [-0.25, -0.2) is 0 Å². The summed E-state index contributed by atoms with van der Waals surface area (Å²) in [4.78, 5) is 5.19. The highest BCUT2D eigenvalue weighted by Gasteiger charge is 2.10. The van der Waals surface area contributed by atoms with Crippen molar-refractivity contribution in [3.05, 3.63) is 50.9 Å². The average molecular weight is 269 g/mol. The number of pyridine rings is 1. The molecule has 0 aliphatic heterocycles. The molecule has 4 heteroatoms. The van der Waals surface area contributed by atoms with E-state index in [4.69, 9.17) is 5.73 Å². The van der Waals surface area contributed by atoms with Gasteiger partial charge in [-0.2, -0.15) is 0 Å². The number of thiophene rings is 1. The van der Waals surface area contributed by atoms with Crippen LogP contribution < -0.4 is 5.73 Å². The van der Waals surface area contributed by atoms with E-state index in [0.29, 0.717) is 0 Å². The first kappa shape index (κ1) is 9.83. The number of rotatable bonds is 2. The predicted octanol–water partition coefficient (Wildman–Crippen LogP) is 2.95. The zero-order valence-electron chi connectivity index (χ0n) is 7.35. The van der Waals surface area contributed by atoms with Gasteiger partial charge in [-0.3, -0.25) is 4.98 Å². The van der Waals surface area contributed by atoms with Gasteiger partial charge in [0.25, 0.3) is 0 Å². The molecule has 0 aromatic carbocycles. The Bertz CT molecular complexity index is 413. The highest BCUT2D eigenvalue weighted by atomic mass is 79.9. The molecule has 1 atom stereocenters. The van der Waals surface area contributed by atoms with Gasteiger partial charge < -0.3 is 5.73 Å². The second-order valence-corrected chi connectivity index (χ2v) is 4.79. The molecule has 0 amide bonds. The van der Waals surface area contributed by atoms with Crippen molar-refractivity contribution in [2.75, 3.05) is 0 Å². The summed E-state index contributed by atoms with van der Waals surface area (Å²) < 4.78 is 1.08. The molecule has 2 nitrogen and oxygen atoms in total. The van der Waals surface area contributed by atoms with Crippen LogP contribution in [0.3, 0.4) is 0 Å². The van der Waals surface area contributed by atoms with E-state index in [0.717, 1.165) is 14.9 Å². The van der Waals surface area contributed by atoms with Gasteiger partial charge in [0, 0.05) is 27.1 Å². The lowest BCUT2D eigenvalue weighted by atomic mass is 10.1. The van der Waals surface area contributed by atoms with Crippen LogP contribution in [-0.4, -0.2) is 4.98 Å². The summed E-state index contributed by atoms with van der Waals surface area (Å²) in [7, 11) is 0. The summed E-state index contributed by atoms with van der Waals surface area (Å²) in [5, 5.41) is 2.03. The fraction of sp³-hybridized carbons (Fsp3) is 0.100. The van der Waals surface area contributed by atoms with Gasteiger partial charge in [0.15, 0.2) is 0 Å². The lowest BCUT2D eigenvalue weighted by Crippen LogP contribution is -2.10. The summed E-state index contributed by atoms with van der Waals surface area (Å²) in [6.45, 7) is 0. The standard InChI is InChI=1S/C10H9BrN2S/c11-8-4-9(14-6-8)10(12)7-2-1-3-13-5-7/h1-6,10H,12H2. The first-order valence-electron chi connectivity index (χ1n) is 4.17. The average Bonchev–Trinajstić information content (AvgIpc) is 2.65. The molecule has 2 aromatic rings. The molecule has 2 aromatic heterocycles. The van der Waals surface area contributed by atoms with Gasteiger partial charge >= 0.3 is 0 Å². The first-order valence-corrected chi connectivity index (χ1v) is 5.84. The molecule has 0 saturated heterocycles. The normalized spacial score (nSPS) is 12.7. The number of aromatic nitrogens is 1. The number of halogens is 1. The molecule has 0 fully saturated rings. The van der Waals surface area contributed by atoms with Gasteiger partial charge in [-0.1, -0.05) is 6.07 Å². The van der Waals surface area contributed by atoms with Crippen molar-refractivity contribution in [2.24, 2.45) is 5.73 Å². The SMILES string of the molecule is NC(c1cccnc1)c1cc(Br)cs1. The van der Waals surface area contributed by atoms with Crippen molar-refractivity contribution in [2.45, 2.75) is 6.04 Å². The third-order valence-corrected chi connectivity index (χ3v) is 3.71. The minimum atomic E-state index is -0.0694. The molecule has 1 unspecified atom stereocenters.